The summed E-state index contributed by atoms with van der Waals surface area (Å²) in [5.74, 6) is 0.744. The highest BCUT2D eigenvalue weighted by atomic mass is 15.3. The molecule has 1 aromatic rings. The molecule has 0 unspecified atom stereocenters. The van der Waals surface area contributed by atoms with Crippen molar-refractivity contribution in [3.63, 3.8) is 0 Å². The highest BCUT2D eigenvalue weighted by molar-refractivity contribution is 5.27. The molecule has 0 spiro atoms. The van der Waals surface area contributed by atoms with Crippen LogP contribution in [0.1, 0.15) is 63.9 Å². The average Bonchev–Trinajstić information content (AvgIpc) is 3.17. The van der Waals surface area contributed by atoms with E-state index in [0.717, 1.165) is 44.3 Å². The number of nitrogens with one attached hydrogen (secondary N) is 1. The fourth-order valence-electron chi connectivity index (χ4n) is 2.81. The largest absolute Gasteiger partial charge is 0.314 e. The minimum Gasteiger partial charge on any atom is -0.314 e. The van der Waals surface area contributed by atoms with Crippen molar-refractivity contribution in [2.24, 2.45) is 5.92 Å². The molecule has 0 amide bonds. The Morgan fingerprint density at radius 3 is 2.55 bits per heavy atom. The van der Waals surface area contributed by atoms with Crippen LogP contribution in [-0.2, 0) is 25.8 Å². The van der Waals surface area contributed by atoms with E-state index in [0.29, 0.717) is 0 Å². The molecule has 3 heteroatoms. The van der Waals surface area contributed by atoms with Crippen LogP contribution in [0.25, 0.3) is 0 Å². The van der Waals surface area contributed by atoms with Crippen LogP contribution in [0.15, 0.2) is 0 Å². The summed E-state index contributed by atoms with van der Waals surface area (Å²) in [7, 11) is 0. The molecule has 1 aromatic heterocycles. The minimum absolute atomic E-state index is 0.744. The third kappa shape index (κ3) is 4.08. The summed E-state index contributed by atoms with van der Waals surface area (Å²) in [6.45, 7) is 11.3. The van der Waals surface area contributed by atoms with Gasteiger partial charge in [0.15, 0.2) is 0 Å². The summed E-state index contributed by atoms with van der Waals surface area (Å²) in [5, 5.41) is 8.50. The van der Waals surface area contributed by atoms with E-state index in [1.807, 2.05) is 0 Å². The first kappa shape index (κ1) is 15.6. The lowest BCUT2D eigenvalue weighted by atomic mass is 10.1. The molecule has 1 aliphatic carbocycles. The van der Waals surface area contributed by atoms with E-state index < -0.39 is 0 Å². The van der Waals surface area contributed by atoms with Crippen LogP contribution >= 0.6 is 0 Å². The molecular formula is C17H31N3. The van der Waals surface area contributed by atoms with Gasteiger partial charge in [-0.15, -0.1) is 0 Å². The first-order valence-corrected chi connectivity index (χ1v) is 8.46. The number of hydrogen-bond donors (Lipinski definition) is 1. The van der Waals surface area contributed by atoms with Gasteiger partial charge in [0.25, 0.3) is 0 Å². The molecule has 1 saturated carbocycles. The van der Waals surface area contributed by atoms with Crippen LogP contribution in [0, 0.1) is 5.92 Å². The van der Waals surface area contributed by atoms with Crippen LogP contribution in [0.5, 0.6) is 0 Å². The Labute approximate surface area is 124 Å². The number of hydrogen-bond acceptors (Lipinski definition) is 2. The summed E-state index contributed by atoms with van der Waals surface area (Å²) in [4.78, 5) is 0. The van der Waals surface area contributed by atoms with E-state index in [4.69, 9.17) is 5.10 Å². The van der Waals surface area contributed by atoms with Gasteiger partial charge in [-0.25, -0.2) is 0 Å². The third-order valence-electron chi connectivity index (χ3n) is 4.22. The lowest BCUT2D eigenvalue weighted by molar-refractivity contribution is 0.474. The SMILES string of the molecule is CCc1nn(CCC(C)C)c(CC)c1CCNC1CC1. The maximum Gasteiger partial charge on any atom is 0.0657 e. The summed E-state index contributed by atoms with van der Waals surface area (Å²) >= 11 is 0. The maximum absolute atomic E-state index is 4.87. The smallest absolute Gasteiger partial charge is 0.0657 e. The zero-order valence-electron chi connectivity index (χ0n) is 13.7. The first-order valence-electron chi connectivity index (χ1n) is 8.46. The summed E-state index contributed by atoms with van der Waals surface area (Å²) < 4.78 is 2.28. The van der Waals surface area contributed by atoms with Crippen molar-refractivity contribution in [2.45, 2.75) is 78.8 Å². The van der Waals surface area contributed by atoms with Crippen molar-refractivity contribution in [2.75, 3.05) is 6.54 Å². The molecular weight excluding hydrogens is 246 g/mol. The normalized spacial score (nSPS) is 15.2. The molecule has 0 aromatic carbocycles. The van der Waals surface area contributed by atoms with Gasteiger partial charge in [-0.1, -0.05) is 27.7 Å². The molecule has 114 valence electrons. The van der Waals surface area contributed by atoms with Crippen molar-refractivity contribution in [3.8, 4) is 0 Å². The molecule has 2 rings (SSSR count). The molecule has 0 saturated heterocycles. The standard InChI is InChI=1S/C17H31N3/c1-5-16-15(9-11-18-14-7-8-14)17(6-2)20(19-16)12-10-13(3)4/h13-14,18H,5-12H2,1-4H3. The van der Waals surface area contributed by atoms with Gasteiger partial charge < -0.3 is 5.32 Å². The molecule has 1 fully saturated rings. The van der Waals surface area contributed by atoms with E-state index in [1.165, 1.54) is 36.2 Å². The van der Waals surface area contributed by atoms with Gasteiger partial charge in [0.05, 0.1) is 5.69 Å². The molecule has 1 aliphatic rings. The van der Waals surface area contributed by atoms with Crippen LogP contribution in [0.4, 0.5) is 0 Å². The number of nitrogens with zero attached hydrogens (tertiary/aromatic N) is 2. The Balaban J connectivity index is 2.05. The van der Waals surface area contributed by atoms with Gasteiger partial charge in [-0.3, -0.25) is 4.68 Å². The lowest BCUT2D eigenvalue weighted by Gasteiger charge is -2.10. The lowest BCUT2D eigenvalue weighted by Crippen LogP contribution is -2.20. The van der Waals surface area contributed by atoms with Crippen LogP contribution in [0.3, 0.4) is 0 Å². The second-order valence-electron chi connectivity index (χ2n) is 6.46. The molecule has 1 N–H and O–H groups in total. The molecule has 20 heavy (non-hydrogen) atoms. The van der Waals surface area contributed by atoms with Gasteiger partial charge in [0.2, 0.25) is 0 Å². The highest BCUT2D eigenvalue weighted by Crippen LogP contribution is 2.21. The van der Waals surface area contributed by atoms with Crippen molar-refractivity contribution in [1.29, 1.82) is 0 Å². The second kappa shape index (κ2) is 7.26. The van der Waals surface area contributed by atoms with E-state index >= 15 is 0 Å². The summed E-state index contributed by atoms with van der Waals surface area (Å²) in [6, 6.07) is 0.807. The van der Waals surface area contributed by atoms with Crippen LogP contribution < -0.4 is 5.32 Å². The predicted molar refractivity (Wildman–Crippen MR) is 85.2 cm³/mol. The zero-order chi connectivity index (χ0) is 14.5. The van der Waals surface area contributed by atoms with Crippen molar-refractivity contribution in [3.05, 3.63) is 17.0 Å². The molecule has 0 atom stereocenters. The minimum atomic E-state index is 0.744. The van der Waals surface area contributed by atoms with Crippen molar-refractivity contribution < 1.29 is 0 Å². The number of aryl methyl sites for hydroxylation is 2. The Morgan fingerprint density at radius 2 is 2.00 bits per heavy atom. The van der Waals surface area contributed by atoms with Gasteiger partial charge in [-0.2, -0.15) is 5.10 Å². The van der Waals surface area contributed by atoms with Crippen molar-refractivity contribution >= 4 is 0 Å². The Hall–Kier alpha value is -0.830. The Morgan fingerprint density at radius 1 is 1.25 bits per heavy atom. The highest BCUT2D eigenvalue weighted by Gasteiger charge is 2.21. The van der Waals surface area contributed by atoms with Gasteiger partial charge in [0.1, 0.15) is 0 Å². The van der Waals surface area contributed by atoms with Crippen LogP contribution in [0.2, 0.25) is 0 Å². The van der Waals surface area contributed by atoms with E-state index in [2.05, 4.69) is 37.7 Å². The van der Waals surface area contributed by atoms with Crippen LogP contribution in [-0.4, -0.2) is 22.4 Å². The molecule has 0 bridgehead atoms. The summed E-state index contributed by atoms with van der Waals surface area (Å²) in [5.41, 5.74) is 4.32. The zero-order valence-corrected chi connectivity index (χ0v) is 13.7. The van der Waals surface area contributed by atoms with Crippen molar-refractivity contribution in [1.82, 2.24) is 15.1 Å². The molecule has 0 aliphatic heterocycles. The fourth-order valence-corrected chi connectivity index (χ4v) is 2.81. The van der Waals surface area contributed by atoms with Gasteiger partial charge in [-0.05, 0) is 56.6 Å². The van der Waals surface area contributed by atoms with E-state index in [9.17, 15) is 0 Å². The summed E-state index contributed by atoms with van der Waals surface area (Å²) in [6.07, 6.45) is 7.26. The predicted octanol–water partition coefficient (Wildman–Crippen LogP) is 3.35. The monoisotopic (exact) mass is 277 g/mol. The number of aromatic nitrogens is 2. The van der Waals surface area contributed by atoms with Gasteiger partial charge >= 0.3 is 0 Å². The van der Waals surface area contributed by atoms with Gasteiger partial charge in [0, 0.05) is 18.3 Å². The van der Waals surface area contributed by atoms with E-state index in [-0.39, 0.29) is 0 Å². The average molecular weight is 277 g/mol. The van der Waals surface area contributed by atoms with E-state index in [1.54, 1.807) is 0 Å². The quantitative estimate of drug-likeness (QED) is 0.750. The topological polar surface area (TPSA) is 29.9 Å². The Bertz CT molecular complexity index is 416. The molecule has 1 heterocycles. The molecule has 3 nitrogen and oxygen atoms in total. The maximum atomic E-state index is 4.87. The fraction of sp³-hybridized carbons (Fsp3) is 0.824. The second-order valence-corrected chi connectivity index (χ2v) is 6.46. The Kier molecular flexibility index (Phi) is 5.64. The third-order valence-corrected chi connectivity index (χ3v) is 4.22. The first-order chi connectivity index (χ1) is 9.65. The molecule has 0 radical (unpaired) electrons. The number of rotatable bonds is 9.